The van der Waals surface area contributed by atoms with Gasteiger partial charge in [-0.25, -0.2) is 4.39 Å². The summed E-state index contributed by atoms with van der Waals surface area (Å²) in [6, 6.07) is 9.70. The van der Waals surface area contributed by atoms with Crippen molar-refractivity contribution < 1.29 is 18.8 Å². The van der Waals surface area contributed by atoms with E-state index in [9.17, 15) is 14.5 Å². The van der Waals surface area contributed by atoms with Crippen molar-refractivity contribution in [3.63, 3.8) is 0 Å². The molecule has 0 bridgehead atoms. The molecule has 120 valence electrons. The van der Waals surface area contributed by atoms with Crippen LogP contribution in [0.25, 0.3) is 6.08 Å². The molecule has 7 heteroatoms. The standard InChI is InChI=1S/C16H13FINO4/c1-22-15-9-11(6-7-19(20)21)8-14(18)16(15)23-10-12-4-2-3-5-13(12)17/h2-9H,10H2,1H3/b7-6-. The summed E-state index contributed by atoms with van der Waals surface area (Å²) in [7, 11) is 1.47. The van der Waals surface area contributed by atoms with Gasteiger partial charge in [0, 0.05) is 11.6 Å². The predicted molar refractivity (Wildman–Crippen MR) is 92.5 cm³/mol. The van der Waals surface area contributed by atoms with Crippen molar-refractivity contribution in [2.75, 3.05) is 7.11 Å². The SMILES string of the molecule is COc1cc(/C=C\[N+](=O)[O-])cc(I)c1OCc1ccccc1F. The van der Waals surface area contributed by atoms with Crippen LogP contribution in [0.15, 0.2) is 42.6 Å². The summed E-state index contributed by atoms with van der Waals surface area (Å²) in [5.41, 5.74) is 1.05. The number of benzene rings is 2. The highest BCUT2D eigenvalue weighted by molar-refractivity contribution is 14.1. The van der Waals surface area contributed by atoms with Crippen LogP contribution in [0.1, 0.15) is 11.1 Å². The van der Waals surface area contributed by atoms with Gasteiger partial charge in [-0.1, -0.05) is 18.2 Å². The first-order chi connectivity index (χ1) is 11.0. The summed E-state index contributed by atoms with van der Waals surface area (Å²) in [5, 5.41) is 10.4. The molecule has 0 saturated carbocycles. The zero-order valence-corrected chi connectivity index (χ0v) is 14.3. The van der Waals surface area contributed by atoms with Gasteiger partial charge >= 0.3 is 0 Å². The summed E-state index contributed by atoms with van der Waals surface area (Å²) < 4.78 is 25.3. The maximum absolute atomic E-state index is 13.6. The molecule has 0 N–H and O–H groups in total. The minimum Gasteiger partial charge on any atom is -0.493 e. The minimum absolute atomic E-state index is 0.0586. The van der Waals surface area contributed by atoms with Crippen molar-refractivity contribution in [2.45, 2.75) is 6.61 Å². The molecule has 0 unspecified atom stereocenters. The first kappa shape index (κ1) is 17.2. The Hall–Kier alpha value is -2.16. The normalized spacial score (nSPS) is 10.7. The molecule has 0 amide bonds. The van der Waals surface area contributed by atoms with E-state index >= 15 is 0 Å². The van der Waals surface area contributed by atoms with Crippen molar-refractivity contribution in [1.82, 2.24) is 0 Å². The number of ether oxygens (including phenoxy) is 2. The van der Waals surface area contributed by atoms with E-state index in [0.29, 0.717) is 26.2 Å². The predicted octanol–water partition coefficient (Wildman–Crippen LogP) is 4.27. The molecule has 0 aliphatic heterocycles. The quantitative estimate of drug-likeness (QED) is 0.391. The number of hydrogen-bond acceptors (Lipinski definition) is 4. The molecule has 0 aromatic heterocycles. The van der Waals surface area contributed by atoms with Crippen LogP contribution in [0.3, 0.4) is 0 Å². The van der Waals surface area contributed by atoms with Crippen LogP contribution in [0, 0.1) is 19.5 Å². The zero-order chi connectivity index (χ0) is 16.8. The molecule has 5 nitrogen and oxygen atoms in total. The van der Waals surface area contributed by atoms with Gasteiger partial charge in [0.05, 0.1) is 15.6 Å². The van der Waals surface area contributed by atoms with Crippen molar-refractivity contribution in [2.24, 2.45) is 0 Å². The van der Waals surface area contributed by atoms with Crippen LogP contribution in [0.2, 0.25) is 0 Å². The molecule has 0 aliphatic rings. The summed E-state index contributed by atoms with van der Waals surface area (Å²) in [6.07, 6.45) is 2.22. The third-order valence-corrected chi connectivity index (χ3v) is 3.77. The Labute approximate surface area is 146 Å². The average Bonchev–Trinajstić information content (AvgIpc) is 2.52. The fourth-order valence-corrected chi connectivity index (χ4v) is 2.67. The van der Waals surface area contributed by atoms with E-state index in [-0.39, 0.29) is 12.4 Å². The first-order valence-electron chi connectivity index (χ1n) is 6.56. The van der Waals surface area contributed by atoms with E-state index in [2.05, 4.69) is 0 Å². The zero-order valence-electron chi connectivity index (χ0n) is 12.2. The lowest BCUT2D eigenvalue weighted by Gasteiger charge is -2.13. The lowest BCUT2D eigenvalue weighted by Crippen LogP contribution is -2.02. The smallest absolute Gasteiger partial charge is 0.235 e. The van der Waals surface area contributed by atoms with Crippen LogP contribution in [0.4, 0.5) is 4.39 Å². The Morgan fingerprint density at radius 2 is 2.09 bits per heavy atom. The second-order valence-electron chi connectivity index (χ2n) is 4.52. The molecular formula is C16H13FINO4. The maximum atomic E-state index is 13.6. The fraction of sp³-hybridized carbons (Fsp3) is 0.125. The first-order valence-corrected chi connectivity index (χ1v) is 7.64. The van der Waals surface area contributed by atoms with Gasteiger partial charge in [0.25, 0.3) is 0 Å². The molecule has 0 spiro atoms. The molecule has 2 aromatic carbocycles. The average molecular weight is 429 g/mol. The topological polar surface area (TPSA) is 61.6 Å². The van der Waals surface area contributed by atoms with Gasteiger partial charge in [0.1, 0.15) is 12.4 Å². The number of nitro groups is 1. The summed E-state index contributed by atoms with van der Waals surface area (Å²) >= 11 is 2.04. The molecule has 0 heterocycles. The van der Waals surface area contributed by atoms with Gasteiger partial charge in [-0.05, 0) is 46.4 Å². The molecule has 0 atom stereocenters. The lowest BCUT2D eigenvalue weighted by molar-refractivity contribution is -0.400. The Balaban J connectivity index is 2.24. The van der Waals surface area contributed by atoms with Crippen molar-refractivity contribution in [3.8, 4) is 11.5 Å². The number of rotatable bonds is 6. The summed E-state index contributed by atoms with van der Waals surface area (Å²) in [5.74, 6) is 0.554. The largest absolute Gasteiger partial charge is 0.493 e. The van der Waals surface area contributed by atoms with E-state index in [1.165, 1.54) is 19.3 Å². The molecule has 0 aliphatic carbocycles. The monoisotopic (exact) mass is 429 g/mol. The highest BCUT2D eigenvalue weighted by atomic mass is 127. The molecule has 0 saturated heterocycles. The molecule has 2 rings (SSSR count). The van der Waals surface area contributed by atoms with Gasteiger partial charge in [-0.15, -0.1) is 0 Å². The Morgan fingerprint density at radius 3 is 2.74 bits per heavy atom. The highest BCUT2D eigenvalue weighted by Crippen LogP contribution is 2.35. The number of halogens is 2. The lowest BCUT2D eigenvalue weighted by atomic mass is 10.2. The van der Waals surface area contributed by atoms with Crippen LogP contribution < -0.4 is 9.47 Å². The molecule has 2 aromatic rings. The van der Waals surface area contributed by atoms with Gasteiger partial charge in [0.2, 0.25) is 6.20 Å². The van der Waals surface area contributed by atoms with E-state index < -0.39 is 4.92 Å². The molecule has 0 radical (unpaired) electrons. The van der Waals surface area contributed by atoms with Crippen LogP contribution in [0.5, 0.6) is 11.5 Å². The molecule has 23 heavy (non-hydrogen) atoms. The maximum Gasteiger partial charge on any atom is 0.235 e. The third-order valence-electron chi connectivity index (χ3n) is 2.97. The summed E-state index contributed by atoms with van der Waals surface area (Å²) in [6.45, 7) is 0.0586. The summed E-state index contributed by atoms with van der Waals surface area (Å²) in [4.78, 5) is 9.86. The van der Waals surface area contributed by atoms with E-state index in [4.69, 9.17) is 9.47 Å². The van der Waals surface area contributed by atoms with Crippen molar-refractivity contribution in [1.29, 1.82) is 0 Å². The van der Waals surface area contributed by atoms with Gasteiger partial charge in [0.15, 0.2) is 11.5 Å². The second-order valence-corrected chi connectivity index (χ2v) is 5.68. The van der Waals surface area contributed by atoms with Gasteiger partial charge < -0.3 is 9.47 Å². The van der Waals surface area contributed by atoms with E-state index in [1.54, 1.807) is 30.3 Å². The number of methoxy groups -OCH3 is 1. The second kappa shape index (κ2) is 7.91. The Kier molecular flexibility index (Phi) is 5.91. The fourth-order valence-electron chi connectivity index (χ4n) is 1.89. The van der Waals surface area contributed by atoms with E-state index in [1.807, 2.05) is 22.6 Å². The number of nitrogens with zero attached hydrogens (tertiary/aromatic N) is 1. The van der Waals surface area contributed by atoms with Crippen molar-refractivity contribution >= 4 is 28.7 Å². The highest BCUT2D eigenvalue weighted by Gasteiger charge is 2.12. The van der Waals surface area contributed by atoms with Gasteiger partial charge in [-0.2, -0.15) is 0 Å². The van der Waals surface area contributed by atoms with E-state index in [0.717, 1.165) is 6.20 Å². The van der Waals surface area contributed by atoms with Crippen LogP contribution in [-0.2, 0) is 6.61 Å². The van der Waals surface area contributed by atoms with Crippen molar-refractivity contribution in [3.05, 3.63) is 73.2 Å². The molecular weight excluding hydrogens is 416 g/mol. The van der Waals surface area contributed by atoms with Gasteiger partial charge in [-0.3, -0.25) is 10.1 Å². The number of hydrogen-bond donors (Lipinski definition) is 0. The molecule has 0 fully saturated rings. The third kappa shape index (κ3) is 4.65. The van der Waals surface area contributed by atoms with Crippen LogP contribution in [-0.4, -0.2) is 12.0 Å². The Bertz CT molecular complexity index is 749. The minimum atomic E-state index is -0.540. The Morgan fingerprint density at radius 1 is 1.35 bits per heavy atom. The van der Waals surface area contributed by atoms with Crippen LogP contribution >= 0.6 is 22.6 Å².